The van der Waals surface area contributed by atoms with Crippen LogP contribution in [0.15, 0.2) is 59.7 Å². The Morgan fingerprint density at radius 3 is 2.57 bits per heavy atom. The lowest BCUT2D eigenvalue weighted by molar-refractivity contribution is -0.140. The van der Waals surface area contributed by atoms with E-state index in [1.165, 1.54) is 5.01 Å². The molecule has 4 rings (SSSR count). The molecule has 2 N–H and O–H groups in total. The van der Waals surface area contributed by atoms with Crippen molar-refractivity contribution in [3.8, 4) is 0 Å². The molecule has 0 aromatic heterocycles. The number of carbonyl (C=O) groups excluding carboxylic acids is 2. The molecule has 0 unspecified atom stereocenters. The Kier molecular flexibility index (Phi) is 5.62. The third-order valence-corrected chi connectivity index (χ3v) is 6.20. The number of fused-ring (bicyclic) bond motifs is 1. The van der Waals surface area contributed by atoms with Gasteiger partial charge < -0.3 is 10.6 Å². The number of nitrogens with zero attached hydrogens (tertiary/aromatic N) is 3. The van der Waals surface area contributed by atoms with Crippen LogP contribution in [0, 0.1) is 5.41 Å². The second-order valence-electron chi connectivity index (χ2n) is 8.07. The zero-order valence-electron chi connectivity index (χ0n) is 16.9. The molecule has 1 saturated heterocycles. The van der Waals surface area contributed by atoms with Crippen molar-refractivity contribution < 1.29 is 9.59 Å². The summed E-state index contributed by atoms with van der Waals surface area (Å²) in [5.41, 5.74) is 8.31. The number of hydrogen-bond donors (Lipinski definition) is 1. The Hall–Kier alpha value is -2.70. The molecule has 156 valence electrons. The summed E-state index contributed by atoms with van der Waals surface area (Å²) in [5.74, 6) is -0.205. The van der Waals surface area contributed by atoms with Crippen LogP contribution < -0.4 is 5.73 Å². The average molecular weight is 425 g/mol. The summed E-state index contributed by atoms with van der Waals surface area (Å²) < 4.78 is 0. The molecule has 2 aliphatic rings. The van der Waals surface area contributed by atoms with Gasteiger partial charge in [-0.1, -0.05) is 54.1 Å². The Bertz CT molecular complexity index is 976. The van der Waals surface area contributed by atoms with Crippen LogP contribution in [0.5, 0.6) is 0 Å². The molecule has 30 heavy (non-hydrogen) atoms. The van der Waals surface area contributed by atoms with Gasteiger partial charge in [-0.25, -0.2) is 5.01 Å². The van der Waals surface area contributed by atoms with Gasteiger partial charge in [-0.15, -0.1) is 0 Å². The lowest BCUT2D eigenvalue weighted by Crippen LogP contribution is -2.58. The lowest BCUT2D eigenvalue weighted by Gasteiger charge is -2.40. The fourth-order valence-corrected chi connectivity index (χ4v) is 4.54. The molecule has 2 heterocycles. The standard InChI is InChI=1S/C23H25ClN4O2/c1-27-22(30)23(14-17-5-3-2-4-6-17)15-28(12-11-20(23)26-27)21(29)19(25)13-16-7-9-18(24)10-8-16/h2-10,19H,11-15,25H2,1H3/t19-,23+/m1/s1. The minimum absolute atomic E-state index is 0.0647. The van der Waals surface area contributed by atoms with E-state index in [0.717, 1.165) is 16.8 Å². The van der Waals surface area contributed by atoms with Crippen LogP contribution in [-0.4, -0.2) is 53.6 Å². The van der Waals surface area contributed by atoms with Crippen molar-refractivity contribution in [1.82, 2.24) is 9.91 Å². The van der Waals surface area contributed by atoms with E-state index in [2.05, 4.69) is 5.10 Å². The van der Waals surface area contributed by atoms with Gasteiger partial charge >= 0.3 is 0 Å². The smallest absolute Gasteiger partial charge is 0.256 e. The summed E-state index contributed by atoms with van der Waals surface area (Å²) in [7, 11) is 1.68. The van der Waals surface area contributed by atoms with Gasteiger partial charge in [0.15, 0.2) is 0 Å². The molecular formula is C23H25ClN4O2. The lowest BCUT2D eigenvalue weighted by atomic mass is 9.73. The number of halogens is 1. The summed E-state index contributed by atoms with van der Waals surface area (Å²) in [6.07, 6.45) is 1.52. The first-order valence-electron chi connectivity index (χ1n) is 10.1. The van der Waals surface area contributed by atoms with Crippen LogP contribution >= 0.6 is 11.6 Å². The highest BCUT2D eigenvalue weighted by atomic mass is 35.5. The Balaban J connectivity index is 1.54. The van der Waals surface area contributed by atoms with E-state index in [1.807, 2.05) is 42.5 Å². The number of amides is 2. The fraction of sp³-hybridized carbons (Fsp3) is 0.348. The summed E-state index contributed by atoms with van der Waals surface area (Å²) in [6, 6.07) is 16.5. The van der Waals surface area contributed by atoms with E-state index < -0.39 is 11.5 Å². The van der Waals surface area contributed by atoms with Crippen molar-refractivity contribution in [2.45, 2.75) is 25.3 Å². The average Bonchev–Trinajstić information content (AvgIpc) is 2.99. The summed E-state index contributed by atoms with van der Waals surface area (Å²) >= 11 is 5.94. The predicted molar refractivity (Wildman–Crippen MR) is 117 cm³/mol. The van der Waals surface area contributed by atoms with Crippen molar-refractivity contribution in [1.29, 1.82) is 0 Å². The molecule has 2 atom stereocenters. The molecule has 2 aliphatic heterocycles. The first kappa shape index (κ1) is 20.6. The van der Waals surface area contributed by atoms with Gasteiger partial charge in [0.2, 0.25) is 5.91 Å². The second kappa shape index (κ2) is 8.20. The van der Waals surface area contributed by atoms with Crippen LogP contribution in [0.3, 0.4) is 0 Å². The maximum absolute atomic E-state index is 13.2. The van der Waals surface area contributed by atoms with E-state index in [-0.39, 0.29) is 11.8 Å². The summed E-state index contributed by atoms with van der Waals surface area (Å²) in [4.78, 5) is 28.0. The van der Waals surface area contributed by atoms with Gasteiger partial charge in [-0.05, 0) is 36.1 Å². The number of likely N-dealkylation sites (tertiary alicyclic amines) is 1. The van der Waals surface area contributed by atoms with Gasteiger partial charge in [-0.2, -0.15) is 5.10 Å². The van der Waals surface area contributed by atoms with E-state index in [4.69, 9.17) is 17.3 Å². The number of hydrazone groups is 1. The van der Waals surface area contributed by atoms with Crippen molar-refractivity contribution >= 4 is 29.1 Å². The molecule has 2 aromatic carbocycles. The summed E-state index contributed by atoms with van der Waals surface area (Å²) in [5, 5.41) is 6.56. The largest absolute Gasteiger partial charge is 0.339 e. The number of hydrogen-bond acceptors (Lipinski definition) is 4. The minimum atomic E-state index is -0.815. The molecule has 2 amide bonds. The highest BCUT2D eigenvalue weighted by molar-refractivity contribution is 6.30. The second-order valence-corrected chi connectivity index (χ2v) is 8.50. The fourth-order valence-electron chi connectivity index (χ4n) is 4.41. The van der Waals surface area contributed by atoms with Crippen LogP contribution in [0.1, 0.15) is 17.5 Å². The van der Waals surface area contributed by atoms with Crippen LogP contribution in [0.25, 0.3) is 0 Å². The van der Waals surface area contributed by atoms with E-state index in [0.29, 0.717) is 37.4 Å². The Morgan fingerprint density at radius 1 is 1.17 bits per heavy atom. The quantitative estimate of drug-likeness (QED) is 0.800. The molecule has 0 aliphatic carbocycles. The maximum atomic E-state index is 13.2. The van der Waals surface area contributed by atoms with Crippen molar-refractivity contribution in [3.63, 3.8) is 0 Å². The normalized spacial score (nSPS) is 22.0. The third-order valence-electron chi connectivity index (χ3n) is 5.95. The van der Waals surface area contributed by atoms with E-state index >= 15 is 0 Å². The third kappa shape index (κ3) is 3.85. The maximum Gasteiger partial charge on any atom is 0.256 e. The molecule has 1 fully saturated rings. The monoisotopic (exact) mass is 424 g/mol. The number of rotatable bonds is 5. The Labute approximate surface area is 181 Å². The van der Waals surface area contributed by atoms with Crippen LogP contribution in [0.4, 0.5) is 0 Å². The number of carbonyl (C=O) groups is 2. The highest BCUT2D eigenvalue weighted by Gasteiger charge is 2.53. The molecule has 2 aromatic rings. The molecule has 0 radical (unpaired) electrons. The molecule has 6 nitrogen and oxygen atoms in total. The first-order valence-corrected chi connectivity index (χ1v) is 10.5. The van der Waals surface area contributed by atoms with Gasteiger partial charge in [0.25, 0.3) is 5.91 Å². The first-order chi connectivity index (χ1) is 14.4. The van der Waals surface area contributed by atoms with Gasteiger partial charge in [0, 0.05) is 31.6 Å². The molecule has 0 spiro atoms. The number of piperidine rings is 1. The number of benzene rings is 2. The zero-order valence-corrected chi connectivity index (χ0v) is 17.7. The topological polar surface area (TPSA) is 79.0 Å². The molecular weight excluding hydrogens is 400 g/mol. The number of nitrogens with two attached hydrogens (primary N) is 1. The van der Waals surface area contributed by atoms with Gasteiger partial charge in [0.1, 0.15) is 5.41 Å². The summed E-state index contributed by atoms with van der Waals surface area (Å²) in [6.45, 7) is 0.820. The van der Waals surface area contributed by atoms with Crippen LogP contribution in [-0.2, 0) is 22.4 Å². The van der Waals surface area contributed by atoms with Crippen molar-refractivity contribution in [2.75, 3.05) is 20.1 Å². The minimum Gasteiger partial charge on any atom is -0.339 e. The van der Waals surface area contributed by atoms with Crippen molar-refractivity contribution in [2.24, 2.45) is 16.3 Å². The predicted octanol–water partition coefficient (Wildman–Crippen LogP) is 2.50. The van der Waals surface area contributed by atoms with E-state index in [1.54, 1.807) is 24.1 Å². The highest BCUT2D eigenvalue weighted by Crippen LogP contribution is 2.38. The zero-order chi connectivity index (χ0) is 21.3. The van der Waals surface area contributed by atoms with E-state index in [9.17, 15) is 9.59 Å². The van der Waals surface area contributed by atoms with Crippen molar-refractivity contribution in [3.05, 3.63) is 70.7 Å². The van der Waals surface area contributed by atoms with Gasteiger partial charge in [0.05, 0.1) is 11.8 Å². The molecule has 0 saturated carbocycles. The molecule has 0 bridgehead atoms. The van der Waals surface area contributed by atoms with Gasteiger partial charge in [-0.3, -0.25) is 9.59 Å². The SMILES string of the molecule is CN1N=C2CCN(C(=O)[C@H](N)Cc3ccc(Cl)cc3)C[C@]2(Cc2ccccc2)C1=O. The van der Waals surface area contributed by atoms with Crippen LogP contribution in [0.2, 0.25) is 5.02 Å². The Morgan fingerprint density at radius 2 is 1.87 bits per heavy atom. The molecule has 7 heteroatoms.